The molecule has 16 heavy (non-hydrogen) atoms. The van der Waals surface area contributed by atoms with E-state index in [2.05, 4.69) is 4.74 Å². The molecule has 2 rings (SSSR count). The molecule has 2 N–H and O–H groups in total. The van der Waals surface area contributed by atoms with Gasteiger partial charge in [0.05, 0.1) is 13.5 Å². The fourth-order valence-corrected chi connectivity index (χ4v) is 1.66. The van der Waals surface area contributed by atoms with E-state index in [4.69, 9.17) is 5.73 Å². The molecule has 0 saturated heterocycles. The molecule has 3 nitrogen and oxygen atoms in total. The molecule has 0 heterocycles. The molecule has 0 unspecified atom stereocenters. The van der Waals surface area contributed by atoms with Crippen molar-refractivity contribution in [3.8, 4) is 0 Å². The maximum Gasteiger partial charge on any atom is 0.309 e. The number of carbonyl (C=O) groups is 1. The van der Waals surface area contributed by atoms with E-state index in [9.17, 15) is 4.79 Å². The molecule has 0 aliphatic heterocycles. The number of anilines is 1. The number of nitrogens with two attached hydrogens (primary N) is 1. The van der Waals surface area contributed by atoms with Crippen molar-refractivity contribution in [1.29, 1.82) is 0 Å². The van der Waals surface area contributed by atoms with Crippen LogP contribution in [0, 0.1) is 0 Å². The third kappa shape index (κ3) is 2.14. The standard InChI is InChI=1S/C13H13NO2/c1-16-13(15)7-9-2-3-11-8-12(14)5-4-10(11)6-9/h2-6,8H,7,14H2,1H3. The van der Waals surface area contributed by atoms with Crippen LogP contribution in [0.2, 0.25) is 0 Å². The van der Waals surface area contributed by atoms with Gasteiger partial charge in [-0.05, 0) is 28.5 Å². The first-order chi connectivity index (χ1) is 7.69. The number of methoxy groups -OCH3 is 1. The van der Waals surface area contributed by atoms with Gasteiger partial charge in [0.25, 0.3) is 0 Å². The Bertz CT molecular complexity index is 534. The lowest BCUT2D eigenvalue weighted by molar-refractivity contribution is -0.139. The largest absolute Gasteiger partial charge is 0.469 e. The first kappa shape index (κ1) is 10.5. The van der Waals surface area contributed by atoms with Crippen LogP contribution in [0.25, 0.3) is 10.8 Å². The molecule has 0 radical (unpaired) electrons. The molecule has 0 aliphatic rings. The smallest absolute Gasteiger partial charge is 0.309 e. The van der Waals surface area contributed by atoms with Gasteiger partial charge in [-0.25, -0.2) is 0 Å². The quantitative estimate of drug-likeness (QED) is 0.616. The lowest BCUT2D eigenvalue weighted by atomic mass is 10.0. The van der Waals surface area contributed by atoms with Gasteiger partial charge >= 0.3 is 5.97 Å². The topological polar surface area (TPSA) is 52.3 Å². The number of benzene rings is 2. The average Bonchev–Trinajstić information content (AvgIpc) is 2.29. The third-order valence-corrected chi connectivity index (χ3v) is 2.50. The highest BCUT2D eigenvalue weighted by atomic mass is 16.5. The van der Waals surface area contributed by atoms with E-state index in [1.807, 2.05) is 36.4 Å². The SMILES string of the molecule is COC(=O)Cc1ccc2cc(N)ccc2c1. The van der Waals surface area contributed by atoms with Crippen molar-refractivity contribution in [2.24, 2.45) is 0 Å². The van der Waals surface area contributed by atoms with Crippen LogP contribution >= 0.6 is 0 Å². The summed E-state index contributed by atoms with van der Waals surface area (Å²) in [6.45, 7) is 0. The fourth-order valence-electron chi connectivity index (χ4n) is 1.66. The van der Waals surface area contributed by atoms with Crippen LogP contribution in [0.15, 0.2) is 36.4 Å². The third-order valence-electron chi connectivity index (χ3n) is 2.50. The Labute approximate surface area is 93.8 Å². The zero-order chi connectivity index (χ0) is 11.5. The van der Waals surface area contributed by atoms with Gasteiger partial charge in [0.15, 0.2) is 0 Å². The molecule has 0 amide bonds. The van der Waals surface area contributed by atoms with Gasteiger partial charge in [-0.1, -0.05) is 24.3 Å². The molecule has 0 bridgehead atoms. The second kappa shape index (κ2) is 4.23. The Morgan fingerprint density at radius 3 is 2.62 bits per heavy atom. The van der Waals surface area contributed by atoms with Crippen LogP contribution in [0.4, 0.5) is 5.69 Å². The molecule has 0 aromatic heterocycles. The highest BCUT2D eigenvalue weighted by Crippen LogP contribution is 2.19. The number of esters is 1. The minimum absolute atomic E-state index is 0.227. The van der Waals surface area contributed by atoms with Crippen molar-refractivity contribution in [3.05, 3.63) is 42.0 Å². The number of rotatable bonds is 2. The zero-order valence-corrected chi connectivity index (χ0v) is 9.07. The van der Waals surface area contributed by atoms with E-state index in [0.29, 0.717) is 6.42 Å². The Morgan fingerprint density at radius 2 is 1.88 bits per heavy atom. The van der Waals surface area contributed by atoms with Gasteiger partial charge in [-0.3, -0.25) is 4.79 Å². The first-order valence-corrected chi connectivity index (χ1v) is 5.04. The van der Waals surface area contributed by atoms with Crippen LogP contribution in [0.3, 0.4) is 0 Å². The summed E-state index contributed by atoms with van der Waals surface area (Å²) in [4.78, 5) is 11.1. The van der Waals surface area contributed by atoms with Gasteiger partial charge < -0.3 is 10.5 Å². The number of hydrogen-bond acceptors (Lipinski definition) is 3. The fraction of sp³-hybridized carbons (Fsp3) is 0.154. The Kier molecular flexibility index (Phi) is 2.77. The van der Waals surface area contributed by atoms with Crippen molar-refractivity contribution >= 4 is 22.4 Å². The summed E-state index contributed by atoms with van der Waals surface area (Å²) >= 11 is 0. The Hall–Kier alpha value is -2.03. The van der Waals surface area contributed by atoms with Gasteiger partial charge in [-0.15, -0.1) is 0 Å². The summed E-state index contributed by atoms with van der Waals surface area (Å²) in [5, 5.41) is 2.16. The summed E-state index contributed by atoms with van der Waals surface area (Å²) in [6.07, 6.45) is 0.302. The Balaban J connectivity index is 2.37. The van der Waals surface area contributed by atoms with Gasteiger partial charge in [0.1, 0.15) is 0 Å². The highest BCUT2D eigenvalue weighted by Gasteiger charge is 2.03. The molecule has 0 atom stereocenters. The van der Waals surface area contributed by atoms with Crippen LogP contribution in [-0.4, -0.2) is 13.1 Å². The summed E-state index contributed by atoms with van der Waals surface area (Å²) in [5.41, 5.74) is 7.38. The van der Waals surface area contributed by atoms with Crippen LogP contribution in [-0.2, 0) is 16.0 Å². The lowest BCUT2D eigenvalue weighted by Crippen LogP contribution is -2.04. The molecule has 0 aliphatic carbocycles. The molecule has 2 aromatic rings. The van der Waals surface area contributed by atoms with Gasteiger partial charge in [0.2, 0.25) is 0 Å². The second-order valence-corrected chi connectivity index (χ2v) is 3.69. The van der Waals surface area contributed by atoms with E-state index in [1.54, 1.807) is 0 Å². The van der Waals surface area contributed by atoms with Crippen molar-refractivity contribution in [2.45, 2.75) is 6.42 Å². The van der Waals surface area contributed by atoms with Crippen molar-refractivity contribution in [3.63, 3.8) is 0 Å². The van der Waals surface area contributed by atoms with Crippen molar-refractivity contribution < 1.29 is 9.53 Å². The number of nitrogen functional groups attached to an aromatic ring is 1. The molecular weight excluding hydrogens is 202 g/mol. The molecular formula is C13H13NO2. The van der Waals surface area contributed by atoms with Crippen LogP contribution < -0.4 is 5.73 Å². The minimum Gasteiger partial charge on any atom is -0.469 e. The first-order valence-electron chi connectivity index (χ1n) is 5.04. The Morgan fingerprint density at radius 1 is 1.19 bits per heavy atom. The van der Waals surface area contributed by atoms with E-state index >= 15 is 0 Å². The number of fused-ring (bicyclic) bond motifs is 1. The maximum absolute atomic E-state index is 11.1. The second-order valence-electron chi connectivity index (χ2n) is 3.69. The molecule has 0 fully saturated rings. The van der Waals surface area contributed by atoms with E-state index < -0.39 is 0 Å². The lowest BCUT2D eigenvalue weighted by Gasteiger charge is -2.03. The summed E-state index contributed by atoms with van der Waals surface area (Å²) < 4.78 is 4.63. The highest BCUT2D eigenvalue weighted by molar-refractivity contribution is 5.86. The van der Waals surface area contributed by atoms with E-state index in [1.165, 1.54) is 7.11 Å². The molecule has 82 valence electrons. The van der Waals surface area contributed by atoms with Crippen molar-refractivity contribution in [1.82, 2.24) is 0 Å². The van der Waals surface area contributed by atoms with Gasteiger partial charge in [-0.2, -0.15) is 0 Å². The van der Waals surface area contributed by atoms with Crippen molar-refractivity contribution in [2.75, 3.05) is 12.8 Å². The number of ether oxygens (including phenoxy) is 1. The van der Waals surface area contributed by atoms with E-state index in [-0.39, 0.29) is 5.97 Å². The predicted octanol–water partition coefficient (Wildman–Crippen LogP) is 2.14. The summed E-state index contributed by atoms with van der Waals surface area (Å²) in [6, 6.07) is 11.6. The molecule has 3 heteroatoms. The molecule has 2 aromatic carbocycles. The maximum atomic E-state index is 11.1. The van der Waals surface area contributed by atoms with Crippen LogP contribution in [0.5, 0.6) is 0 Å². The normalized spacial score (nSPS) is 10.3. The average molecular weight is 215 g/mol. The molecule has 0 saturated carbocycles. The number of hydrogen-bond donors (Lipinski definition) is 1. The van der Waals surface area contributed by atoms with Gasteiger partial charge in [0, 0.05) is 5.69 Å². The number of carbonyl (C=O) groups excluding carboxylic acids is 1. The summed E-state index contributed by atoms with van der Waals surface area (Å²) in [5.74, 6) is -0.227. The summed E-state index contributed by atoms with van der Waals surface area (Å²) in [7, 11) is 1.39. The zero-order valence-electron chi connectivity index (χ0n) is 9.07. The van der Waals surface area contributed by atoms with Crippen LogP contribution in [0.1, 0.15) is 5.56 Å². The predicted molar refractivity (Wildman–Crippen MR) is 64.1 cm³/mol. The monoisotopic (exact) mass is 215 g/mol. The molecule has 0 spiro atoms. The minimum atomic E-state index is -0.227. The van der Waals surface area contributed by atoms with E-state index in [0.717, 1.165) is 22.0 Å².